The predicted molar refractivity (Wildman–Crippen MR) is 87.9 cm³/mol. The van der Waals surface area contributed by atoms with Gasteiger partial charge in [-0.05, 0) is 31.0 Å². The smallest absolute Gasteiger partial charge is 0.231 e. The molecule has 0 aliphatic carbocycles. The molecule has 23 heavy (non-hydrogen) atoms. The van der Waals surface area contributed by atoms with Gasteiger partial charge < -0.3 is 19.1 Å². The van der Waals surface area contributed by atoms with Crippen molar-refractivity contribution in [2.45, 2.75) is 20.4 Å². The fraction of sp³-hybridized carbons (Fsp3) is 0.278. The summed E-state index contributed by atoms with van der Waals surface area (Å²) in [5, 5.41) is 9.46. The third kappa shape index (κ3) is 2.24. The molecular formula is C18H18N2O3. The SMILES string of the molecule is Cc1ccc(-c2nc3cc4c(cc3n2CCO)OCO4)cc1C. The topological polar surface area (TPSA) is 56.5 Å². The average molecular weight is 310 g/mol. The Balaban J connectivity index is 1.94. The molecule has 5 nitrogen and oxygen atoms in total. The van der Waals surface area contributed by atoms with Crippen molar-refractivity contribution >= 4 is 11.0 Å². The first-order valence-corrected chi connectivity index (χ1v) is 7.66. The molecule has 0 amide bonds. The van der Waals surface area contributed by atoms with Crippen LogP contribution in [0.5, 0.6) is 11.5 Å². The predicted octanol–water partition coefficient (Wildman–Crippen LogP) is 3.04. The number of hydrogen-bond donors (Lipinski definition) is 1. The van der Waals surface area contributed by atoms with E-state index in [0.717, 1.165) is 33.9 Å². The van der Waals surface area contributed by atoms with Crippen molar-refractivity contribution in [1.29, 1.82) is 0 Å². The van der Waals surface area contributed by atoms with Gasteiger partial charge in [0, 0.05) is 24.2 Å². The van der Waals surface area contributed by atoms with Crippen molar-refractivity contribution in [1.82, 2.24) is 9.55 Å². The second-order valence-electron chi connectivity index (χ2n) is 5.80. The molecular weight excluding hydrogens is 292 g/mol. The number of fused-ring (bicyclic) bond motifs is 2. The van der Waals surface area contributed by atoms with Crippen molar-refractivity contribution in [2.24, 2.45) is 0 Å². The van der Waals surface area contributed by atoms with E-state index in [9.17, 15) is 5.11 Å². The minimum absolute atomic E-state index is 0.0533. The number of hydrogen-bond acceptors (Lipinski definition) is 4. The fourth-order valence-corrected chi connectivity index (χ4v) is 2.94. The van der Waals surface area contributed by atoms with Crippen LogP contribution in [-0.2, 0) is 6.54 Å². The van der Waals surface area contributed by atoms with Crippen LogP contribution in [-0.4, -0.2) is 28.1 Å². The molecule has 0 radical (unpaired) electrons. The van der Waals surface area contributed by atoms with Crippen LogP contribution in [0.25, 0.3) is 22.4 Å². The number of ether oxygens (including phenoxy) is 2. The van der Waals surface area contributed by atoms with Gasteiger partial charge in [-0.15, -0.1) is 0 Å². The van der Waals surface area contributed by atoms with Gasteiger partial charge in [0.05, 0.1) is 17.6 Å². The molecule has 118 valence electrons. The van der Waals surface area contributed by atoms with Gasteiger partial charge in [0.2, 0.25) is 6.79 Å². The lowest BCUT2D eigenvalue weighted by Crippen LogP contribution is -2.04. The van der Waals surface area contributed by atoms with Crippen LogP contribution < -0.4 is 9.47 Å². The highest BCUT2D eigenvalue weighted by molar-refractivity contribution is 5.84. The zero-order valence-corrected chi connectivity index (χ0v) is 13.2. The van der Waals surface area contributed by atoms with Crippen LogP contribution in [0.4, 0.5) is 0 Å². The number of aryl methyl sites for hydroxylation is 2. The van der Waals surface area contributed by atoms with E-state index in [-0.39, 0.29) is 13.4 Å². The highest BCUT2D eigenvalue weighted by atomic mass is 16.7. The van der Waals surface area contributed by atoms with Gasteiger partial charge in [-0.3, -0.25) is 0 Å². The van der Waals surface area contributed by atoms with E-state index in [2.05, 4.69) is 32.0 Å². The molecule has 1 aromatic heterocycles. The Morgan fingerprint density at radius 2 is 1.87 bits per heavy atom. The molecule has 2 heterocycles. The van der Waals surface area contributed by atoms with Gasteiger partial charge in [-0.2, -0.15) is 0 Å². The van der Waals surface area contributed by atoms with Crippen molar-refractivity contribution < 1.29 is 14.6 Å². The molecule has 0 saturated heterocycles. The van der Waals surface area contributed by atoms with Crippen LogP contribution in [0.2, 0.25) is 0 Å². The maximum Gasteiger partial charge on any atom is 0.231 e. The van der Waals surface area contributed by atoms with Crippen LogP contribution in [0.1, 0.15) is 11.1 Å². The summed E-state index contributed by atoms with van der Waals surface area (Å²) >= 11 is 0. The van der Waals surface area contributed by atoms with Gasteiger partial charge in [0.15, 0.2) is 11.5 Å². The monoisotopic (exact) mass is 310 g/mol. The lowest BCUT2D eigenvalue weighted by Gasteiger charge is -2.09. The zero-order valence-electron chi connectivity index (χ0n) is 13.2. The molecule has 2 aromatic carbocycles. The molecule has 4 rings (SSSR count). The highest BCUT2D eigenvalue weighted by Crippen LogP contribution is 2.37. The van der Waals surface area contributed by atoms with Gasteiger partial charge in [-0.25, -0.2) is 4.98 Å². The first-order valence-electron chi connectivity index (χ1n) is 7.66. The van der Waals surface area contributed by atoms with Crippen molar-refractivity contribution in [3.63, 3.8) is 0 Å². The molecule has 0 spiro atoms. The van der Waals surface area contributed by atoms with E-state index in [1.165, 1.54) is 11.1 Å². The molecule has 1 N–H and O–H groups in total. The molecule has 0 saturated carbocycles. The number of imidazole rings is 1. The summed E-state index contributed by atoms with van der Waals surface area (Å²) in [7, 11) is 0. The van der Waals surface area contributed by atoms with Crippen molar-refractivity contribution in [2.75, 3.05) is 13.4 Å². The Labute approximate surface area is 134 Å². The molecule has 5 heteroatoms. The molecule has 1 aliphatic rings. The first kappa shape index (κ1) is 14.1. The molecule has 0 atom stereocenters. The van der Waals surface area contributed by atoms with E-state index in [1.54, 1.807) is 0 Å². The number of rotatable bonds is 3. The van der Waals surface area contributed by atoms with Crippen LogP contribution >= 0.6 is 0 Å². The summed E-state index contributed by atoms with van der Waals surface area (Å²) in [6.45, 7) is 4.96. The summed E-state index contributed by atoms with van der Waals surface area (Å²) in [4.78, 5) is 4.77. The van der Waals surface area contributed by atoms with Crippen molar-refractivity contribution in [3.05, 3.63) is 41.5 Å². The maximum atomic E-state index is 9.46. The summed E-state index contributed by atoms with van der Waals surface area (Å²) in [6, 6.07) is 10.1. The minimum Gasteiger partial charge on any atom is -0.454 e. The van der Waals surface area contributed by atoms with E-state index >= 15 is 0 Å². The van der Waals surface area contributed by atoms with E-state index < -0.39 is 0 Å². The fourth-order valence-electron chi connectivity index (χ4n) is 2.94. The number of benzene rings is 2. The standard InChI is InChI=1S/C18H18N2O3/c1-11-3-4-13(7-12(11)2)18-19-14-8-16-17(23-10-22-16)9-15(14)20(18)5-6-21/h3-4,7-9,21H,5-6,10H2,1-2H3. The summed E-state index contributed by atoms with van der Waals surface area (Å²) in [5.74, 6) is 2.29. The molecule has 3 aromatic rings. The Bertz CT molecular complexity index is 899. The Morgan fingerprint density at radius 1 is 1.09 bits per heavy atom. The maximum absolute atomic E-state index is 9.46. The number of aliphatic hydroxyl groups excluding tert-OH is 1. The zero-order chi connectivity index (χ0) is 16.0. The Hall–Kier alpha value is -2.53. The third-order valence-electron chi connectivity index (χ3n) is 4.33. The van der Waals surface area contributed by atoms with E-state index in [1.807, 2.05) is 16.7 Å². The molecule has 0 unspecified atom stereocenters. The van der Waals surface area contributed by atoms with E-state index in [4.69, 9.17) is 14.5 Å². The number of aliphatic hydroxyl groups is 1. The Morgan fingerprint density at radius 3 is 2.61 bits per heavy atom. The normalized spacial score (nSPS) is 13.0. The summed E-state index contributed by atoms with van der Waals surface area (Å²) < 4.78 is 12.9. The third-order valence-corrected chi connectivity index (χ3v) is 4.33. The quantitative estimate of drug-likeness (QED) is 0.808. The Kier molecular flexibility index (Phi) is 3.23. The molecule has 0 bridgehead atoms. The second kappa shape index (κ2) is 5.28. The van der Waals surface area contributed by atoms with Crippen molar-refractivity contribution in [3.8, 4) is 22.9 Å². The lowest BCUT2D eigenvalue weighted by atomic mass is 10.1. The van der Waals surface area contributed by atoms with Crippen LogP contribution in [0.15, 0.2) is 30.3 Å². The van der Waals surface area contributed by atoms with Crippen LogP contribution in [0.3, 0.4) is 0 Å². The summed E-state index contributed by atoms with van der Waals surface area (Å²) in [6.07, 6.45) is 0. The number of aromatic nitrogens is 2. The van der Waals surface area contributed by atoms with Gasteiger partial charge >= 0.3 is 0 Å². The average Bonchev–Trinajstić information content (AvgIpc) is 3.13. The summed E-state index contributed by atoms with van der Waals surface area (Å²) in [5.41, 5.74) is 5.30. The molecule has 0 fully saturated rings. The number of nitrogens with zero attached hydrogens (tertiary/aromatic N) is 2. The first-order chi connectivity index (χ1) is 11.2. The van der Waals surface area contributed by atoms with Gasteiger partial charge in [0.1, 0.15) is 5.82 Å². The minimum atomic E-state index is 0.0533. The lowest BCUT2D eigenvalue weighted by molar-refractivity contribution is 0.174. The largest absolute Gasteiger partial charge is 0.454 e. The van der Waals surface area contributed by atoms with Crippen LogP contribution in [0, 0.1) is 13.8 Å². The van der Waals surface area contributed by atoms with Gasteiger partial charge in [0.25, 0.3) is 0 Å². The molecule has 1 aliphatic heterocycles. The second-order valence-corrected chi connectivity index (χ2v) is 5.80. The van der Waals surface area contributed by atoms with E-state index in [0.29, 0.717) is 6.54 Å². The highest BCUT2D eigenvalue weighted by Gasteiger charge is 2.19. The van der Waals surface area contributed by atoms with Gasteiger partial charge in [-0.1, -0.05) is 12.1 Å².